The normalized spacial score (nSPS) is 13.6. The third kappa shape index (κ3) is 5.05. The molecule has 3 aromatic rings. The molecule has 2 amide bonds. The van der Waals surface area contributed by atoms with Crippen molar-refractivity contribution in [2.75, 3.05) is 4.90 Å². The summed E-state index contributed by atoms with van der Waals surface area (Å²) >= 11 is 1.35. The summed E-state index contributed by atoms with van der Waals surface area (Å²) < 4.78 is 2.11. The maximum absolute atomic E-state index is 12.3. The van der Waals surface area contributed by atoms with E-state index in [1.54, 1.807) is 11.0 Å². The summed E-state index contributed by atoms with van der Waals surface area (Å²) in [5, 5.41) is 13.7. The predicted molar refractivity (Wildman–Crippen MR) is 120 cm³/mol. The van der Waals surface area contributed by atoms with Gasteiger partial charge in [-0.1, -0.05) is 24.6 Å². The number of carbonyl (C=O) groups is 2. The number of anilines is 2. The van der Waals surface area contributed by atoms with Crippen molar-refractivity contribution >= 4 is 40.0 Å². The molecule has 0 atom stereocenters. The number of aryl methyl sites for hydroxylation is 1. The predicted octanol–water partition coefficient (Wildman–Crippen LogP) is 3.48. The van der Waals surface area contributed by atoms with Gasteiger partial charge in [0, 0.05) is 31.3 Å². The Balaban J connectivity index is 1.38. The molecule has 1 aliphatic rings. The summed E-state index contributed by atoms with van der Waals surface area (Å²) in [6.45, 7) is 2.74. The summed E-state index contributed by atoms with van der Waals surface area (Å²) in [4.78, 5) is 30.5. The summed E-state index contributed by atoms with van der Waals surface area (Å²) in [6, 6.07) is 9.36. The molecule has 0 aliphatic carbocycles. The second-order valence-electron chi connectivity index (χ2n) is 7.29. The molecule has 3 heterocycles. The molecule has 0 radical (unpaired) electrons. The lowest BCUT2D eigenvalue weighted by Crippen LogP contribution is -2.23. The molecule has 2 aromatic heterocycles. The van der Waals surface area contributed by atoms with Gasteiger partial charge in [0.05, 0.1) is 17.9 Å². The molecule has 9 heteroatoms. The zero-order valence-corrected chi connectivity index (χ0v) is 18.1. The zero-order chi connectivity index (χ0) is 21.6. The van der Waals surface area contributed by atoms with Crippen LogP contribution < -0.4 is 10.2 Å². The molecule has 4 rings (SSSR count). The van der Waals surface area contributed by atoms with Gasteiger partial charge in [-0.25, -0.2) is 4.98 Å². The molecule has 1 aliphatic heterocycles. The topological polar surface area (TPSA) is 93.0 Å². The van der Waals surface area contributed by atoms with Gasteiger partial charge < -0.3 is 9.88 Å². The monoisotopic (exact) mass is 436 g/mol. The first-order valence-corrected chi connectivity index (χ1v) is 11.2. The van der Waals surface area contributed by atoms with Crippen LogP contribution in [0.4, 0.5) is 10.8 Å². The van der Waals surface area contributed by atoms with Crippen LogP contribution in [0.1, 0.15) is 43.5 Å². The molecular formula is C22H24N6O2S. The Bertz CT molecular complexity index is 1090. The third-order valence-corrected chi connectivity index (χ3v) is 5.89. The van der Waals surface area contributed by atoms with Gasteiger partial charge in [-0.15, -0.1) is 21.5 Å². The fourth-order valence-corrected chi connectivity index (χ4v) is 4.38. The Hall–Kier alpha value is -3.33. The first-order chi connectivity index (χ1) is 15.1. The van der Waals surface area contributed by atoms with Gasteiger partial charge in [0.15, 0.2) is 11.0 Å². The smallest absolute Gasteiger partial charge is 0.244 e. The second kappa shape index (κ2) is 9.65. The fraction of sp³-hybridized carbons (Fsp3) is 0.318. The maximum Gasteiger partial charge on any atom is 0.244 e. The van der Waals surface area contributed by atoms with Crippen molar-refractivity contribution < 1.29 is 9.59 Å². The number of hydrogen-bond acceptors (Lipinski definition) is 6. The summed E-state index contributed by atoms with van der Waals surface area (Å²) in [7, 11) is 0. The van der Waals surface area contributed by atoms with Crippen LogP contribution in [0.5, 0.6) is 0 Å². The third-order valence-electron chi connectivity index (χ3n) is 5.04. The van der Waals surface area contributed by atoms with E-state index in [9.17, 15) is 9.59 Å². The van der Waals surface area contributed by atoms with Crippen LogP contribution in [0, 0.1) is 0 Å². The van der Waals surface area contributed by atoms with Gasteiger partial charge >= 0.3 is 0 Å². The van der Waals surface area contributed by atoms with Crippen molar-refractivity contribution in [3.05, 3.63) is 59.1 Å². The van der Waals surface area contributed by atoms with Crippen LogP contribution in [0.15, 0.2) is 41.8 Å². The number of amides is 2. The van der Waals surface area contributed by atoms with E-state index >= 15 is 0 Å². The van der Waals surface area contributed by atoms with Crippen molar-refractivity contribution in [2.45, 2.75) is 45.7 Å². The molecule has 8 nitrogen and oxygen atoms in total. The maximum atomic E-state index is 12.3. The number of carbonyl (C=O) groups excluding carboxylic acids is 2. The second-order valence-corrected chi connectivity index (χ2v) is 8.13. The highest BCUT2D eigenvalue weighted by Gasteiger charge is 2.17. The lowest BCUT2D eigenvalue weighted by Gasteiger charge is -2.17. The minimum absolute atomic E-state index is 0.124. The highest BCUT2D eigenvalue weighted by Crippen LogP contribution is 2.29. The van der Waals surface area contributed by atoms with Gasteiger partial charge in [0.1, 0.15) is 5.82 Å². The van der Waals surface area contributed by atoms with Gasteiger partial charge in [-0.05, 0) is 31.1 Å². The van der Waals surface area contributed by atoms with E-state index < -0.39 is 0 Å². The number of benzene rings is 1. The Morgan fingerprint density at radius 1 is 1.19 bits per heavy atom. The van der Waals surface area contributed by atoms with Gasteiger partial charge in [-0.2, -0.15) is 0 Å². The van der Waals surface area contributed by atoms with Crippen molar-refractivity contribution in [1.82, 2.24) is 25.1 Å². The minimum atomic E-state index is -0.230. The van der Waals surface area contributed by atoms with Crippen LogP contribution in [0.2, 0.25) is 0 Å². The molecule has 0 unspecified atom stereocenters. The summed E-state index contributed by atoms with van der Waals surface area (Å²) in [5.41, 5.74) is 1.37. The molecule has 0 fully saturated rings. The number of nitrogens with zero attached hydrogens (tertiary/aromatic N) is 5. The molecule has 31 heavy (non-hydrogen) atoms. The van der Waals surface area contributed by atoms with Crippen LogP contribution in [-0.2, 0) is 29.1 Å². The zero-order valence-electron chi connectivity index (χ0n) is 17.3. The van der Waals surface area contributed by atoms with Gasteiger partial charge in [-0.3, -0.25) is 14.5 Å². The lowest BCUT2D eigenvalue weighted by molar-refractivity contribution is -0.117. The molecule has 1 aromatic carbocycles. The van der Waals surface area contributed by atoms with Crippen LogP contribution in [-0.4, -0.2) is 31.6 Å². The average Bonchev–Trinajstić information content (AvgIpc) is 3.31. The van der Waals surface area contributed by atoms with Gasteiger partial charge in [0.2, 0.25) is 11.8 Å². The number of nitrogens with one attached hydrogen (secondary N) is 1. The van der Waals surface area contributed by atoms with Crippen LogP contribution in [0.25, 0.3) is 6.08 Å². The first-order valence-electron chi connectivity index (χ1n) is 10.3. The Kier molecular flexibility index (Phi) is 6.51. The lowest BCUT2D eigenvalue weighted by atomic mass is 10.2. The van der Waals surface area contributed by atoms with E-state index in [1.165, 1.54) is 30.8 Å². The summed E-state index contributed by atoms with van der Waals surface area (Å²) in [6.07, 6.45) is 7.46. The Morgan fingerprint density at radius 2 is 2.03 bits per heavy atom. The SMILES string of the molecule is CC(=O)N(c1ccccc1)c1nc(/C=C/C(=O)NCc2nnc3n2CCCCC3)cs1. The van der Waals surface area contributed by atoms with E-state index in [1.807, 2.05) is 35.7 Å². The fourth-order valence-electron chi connectivity index (χ4n) is 3.52. The highest BCUT2D eigenvalue weighted by atomic mass is 32.1. The minimum Gasteiger partial charge on any atom is -0.345 e. The average molecular weight is 437 g/mol. The number of thiazole rings is 1. The van der Waals surface area contributed by atoms with E-state index in [2.05, 4.69) is 25.1 Å². The largest absolute Gasteiger partial charge is 0.345 e. The van der Waals surface area contributed by atoms with Crippen LogP contribution >= 0.6 is 11.3 Å². The molecule has 160 valence electrons. The molecule has 1 N–H and O–H groups in total. The van der Waals surface area contributed by atoms with Gasteiger partial charge in [0.25, 0.3) is 0 Å². The molecular weight excluding hydrogens is 412 g/mol. The number of hydrogen-bond donors (Lipinski definition) is 1. The van der Waals surface area contributed by atoms with Crippen molar-refractivity contribution in [2.24, 2.45) is 0 Å². The van der Waals surface area contributed by atoms with E-state index in [0.29, 0.717) is 17.4 Å². The van der Waals surface area contributed by atoms with Crippen molar-refractivity contribution in [3.63, 3.8) is 0 Å². The number of fused-ring (bicyclic) bond motifs is 1. The Labute approximate surface area is 184 Å². The highest BCUT2D eigenvalue weighted by molar-refractivity contribution is 7.14. The first kappa shape index (κ1) is 20.9. The number of para-hydroxylation sites is 1. The number of rotatable bonds is 6. The Morgan fingerprint density at radius 3 is 2.84 bits per heavy atom. The molecule has 0 spiro atoms. The standard InChI is InChI=1S/C22H24N6O2S/c1-16(29)28(18-8-4-2-5-9-18)22-24-17(15-31-22)11-12-21(30)23-14-20-26-25-19-10-6-3-7-13-27(19)20/h2,4-5,8-9,11-12,15H,3,6-7,10,13-14H2,1H3,(H,23,30)/b12-11+. The molecule has 0 saturated heterocycles. The van der Waals surface area contributed by atoms with Crippen molar-refractivity contribution in [1.29, 1.82) is 0 Å². The quantitative estimate of drug-likeness (QED) is 0.597. The number of aromatic nitrogens is 4. The van der Waals surface area contributed by atoms with E-state index in [0.717, 1.165) is 43.1 Å². The van der Waals surface area contributed by atoms with E-state index in [-0.39, 0.29) is 11.8 Å². The van der Waals surface area contributed by atoms with Crippen LogP contribution in [0.3, 0.4) is 0 Å². The summed E-state index contributed by atoms with van der Waals surface area (Å²) in [5.74, 6) is 1.43. The molecule has 0 bridgehead atoms. The van der Waals surface area contributed by atoms with Crippen molar-refractivity contribution in [3.8, 4) is 0 Å². The van der Waals surface area contributed by atoms with E-state index in [4.69, 9.17) is 0 Å². The molecule has 0 saturated carbocycles.